The highest BCUT2D eigenvalue weighted by molar-refractivity contribution is 7.86. The van der Waals surface area contributed by atoms with Crippen LogP contribution in [0.4, 0.5) is 5.69 Å². The maximum Gasteiger partial charge on any atom is 0.295 e. The summed E-state index contributed by atoms with van der Waals surface area (Å²) < 4.78 is 63.3. The minimum atomic E-state index is -4.66. The van der Waals surface area contributed by atoms with Gasteiger partial charge in [-0.25, -0.2) is 0 Å². The lowest BCUT2D eigenvalue weighted by atomic mass is 10.1. The lowest BCUT2D eigenvalue weighted by Crippen LogP contribution is -2.03. The Balaban J connectivity index is 3.07. The molecule has 0 saturated heterocycles. The molecule has 10 heteroatoms. The number of anilines is 1. The second-order valence-electron chi connectivity index (χ2n) is 4.18. The molecule has 0 aliphatic rings. The molecule has 0 aromatic heterocycles. The van der Waals surface area contributed by atoms with Gasteiger partial charge in [-0.3, -0.25) is 9.11 Å². The molecule has 114 valence electrons. The normalized spacial score (nSPS) is 12.5. The number of nitrogens with one attached hydrogen (secondary N) is 1. The number of benzene rings is 2. The third-order valence-electron chi connectivity index (χ3n) is 2.87. The Morgan fingerprint density at radius 1 is 1.00 bits per heavy atom. The van der Waals surface area contributed by atoms with Gasteiger partial charge in [0.2, 0.25) is 0 Å². The van der Waals surface area contributed by atoms with Crippen LogP contribution in [0.15, 0.2) is 34.1 Å². The van der Waals surface area contributed by atoms with Gasteiger partial charge in [-0.1, -0.05) is 0 Å². The van der Waals surface area contributed by atoms with Crippen LogP contribution >= 0.6 is 0 Å². The molecule has 21 heavy (non-hydrogen) atoms. The number of aromatic hydroxyl groups is 1. The van der Waals surface area contributed by atoms with Crippen LogP contribution in [0.5, 0.6) is 5.75 Å². The van der Waals surface area contributed by atoms with Crippen molar-refractivity contribution >= 4 is 36.7 Å². The van der Waals surface area contributed by atoms with Gasteiger partial charge in [-0.05, 0) is 18.2 Å². The molecule has 8 nitrogen and oxygen atoms in total. The fraction of sp³-hybridized carbons (Fsp3) is 0.0909. The highest BCUT2D eigenvalue weighted by atomic mass is 32.2. The average molecular weight is 333 g/mol. The van der Waals surface area contributed by atoms with E-state index in [0.29, 0.717) is 5.69 Å². The van der Waals surface area contributed by atoms with E-state index in [1.807, 2.05) is 0 Å². The van der Waals surface area contributed by atoms with Gasteiger partial charge in [-0.2, -0.15) is 16.8 Å². The fourth-order valence-electron chi connectivity index (χ4n) is 1.99. The second kappa shape index (κ2) is 4.84. The van der Waals surface area contributed by atoms with E-state index >= 15 is 0 Å². The van der Waals surface area contributed by atoms with Crippen molar-refractivity contribution < 1.29 is 31.0 Å². The molecule has 0 amide bonds. The first-order valence-electron chi connectivity index (χ1n) is 5.48. The summed E-state index contributed by atoms with van der Waals surface area (Å²) >= 11 is 0. The second-order valence-corrected chi connectivity index (χ2v) is 6.99. The number of rotatable bonds is 3. The molecule has 0 atom stereocenters. The predicted molar refractivity (Wildman–Crippen MR) is 74.8 cm³/mol. The molecule has 0 heterocycles. The highest BCUT2D eigenvalue weighted by Crippen LogP contribution is 2.37. The van der Waals surface area contributed by atoms with Crippen molar-refractivity contribution in [2.24, 2.45) is 0 Å². The third-order valence-corrected chi connectivity index (χ3v) is 4.62. The summed E-state index contributed by atoms with van der Waals surface area (Å²) in [7, 11) is -7.79. The van der Waals surface area contributed by atoms with E-state index in [0.717, 1.165) is 18.2 Å². The van der Waals surface area contributed by atoms with Gasteiger partial charge in [0.15, 0.2) is 0 Å². The number of phenolic OH excluding ortho intramolecular Hbond substituents is 1. The lowest BCUT2D eigenvalue weighted by Gasteiger charge is -2.12. The maximum absolute atomic E-state index is 11.4. The molecule has 0 bridgehead atoms. The topological polar surface area (TPSA) is 141 Å². The fourth-order valence-corrected chi connectivity index (χ4v) is 3.20. The van der Waals surface area contributed by atoms with E-state index in [9.17, 15) is 26.5 Å². The van der Waals surface area contributed by atoms with Gasteiger partial charge in [0.05, 0.1) is 4.90 Å². The van der Waals surface area contributed by atoms with Gasteiger partial charge >= 0.3 is 0 Å². The molecule has 0 fully saturated rings. The van der Waals surface area contributed by atoms with Crippen LogP contribution in [0.3, 0.4) is 0 Å². The summed E-state index contributed by atoms with van der Waals surface area (Å²) in [5, 5.41) is 12.4. The van der Waals surface area contributed by atoms with Crippen molar-refractivity contribution in [2.45, 2.75) is 9.79 Å². The summed E-state index contributed by atoms with van der Waals surface area (Å²) in [4.78, 5) is -1.28. The van der Waals surface area contributed by atoms with E-state index in [1.54, 1.807) is 0 Å². The monoisotopic (exact) mass is 333 g/mol. The van der Waals surface area contributed by atoms with Crippen molar-refractivity contribution in [2.75, 3.05) is 12.4 Å². The van der Waals surface area contributed by atoms with Crippen molar-refractivity contribution in [3.05, 3.63) is 24.3 Å². The zero-order valence-corrected chi connectivity index (χ0v) is 12.2. The van der Waals surface area contributed by atoms with Gasteiger partial charge in [0.1, 0.15) is 10.6 Å². The smallest absolute Gasteiger partial charge is 0.295 e. The van der Waals surface area contributed by atoms with E-state index in [2.05, 4.69) is 5.32 Å². The Labute approximate surface area is 120 Å². The van der Waals surface area contributed by atoms with Crippen LogP contribution in [0, 0.1) is 0 Å². The number of hydrogen-bond donors (Lipinski definition) is 4. The van der Waals surface area contributed by atoms with E-state index in [-0.39, 0.29) is 10.8 Å². The van der Waals surface area contributed by atoms with Crippen LogP contribution < -0.4 is 5.32 Å². The molecule has 2 rings (SSSR count). The van der Waals surface area contributed by atoms with Crippen molar-refractivity contribution in [1.29, 1.82) is 0 Å². The van der Waals surface area contributed by atoms with Crippen LogP contribution in [0.25, 0.3) is 10.8 Å². The number of phenols is 1. The highest BCUT2D eigenvalue weighted by Gasteiger charge is 2.21. The first-order valence-corrected chi connectivity index (χ1v) is 8.36. The Morgan fingerprint density at radius 2 is 1.62 bits per heavy atom. The molecule has 4 N–H and O–H groups in total. The molecular formula is C11H11NO7S2. The molecule has 0 unspecified atom stereocenters. The standard InChI is InChI=1S/C11H11NO7S2/c1-12-8-2-3-10(21(17,18)19)7-4-6(20(14,15)16)5-9(13)11(7)8/h2-5,12-13H,1H3,(H,14,15,16)(H,17,18,19). The van der Waals surface area contributed by atoms with E-state index in [4.69, 9.17) is 4.55 Å². The minimum Gasteiger partial charge on any atom is -0.507 e. The molecule has 0 saturated carbocycles. The van der Waals surface area contributed by atoms with Gasteiger partial charge < -0.3 is 10.4 Å². The number of hydrogen-bond acceptors (Lipinski definition) is 6. The van der Waals surface area contributed by atoms with Gasteiger partial charge in [0, 0.05) is 29.6 Å². The Morgan fingerprint density at radius 3 is 2.10 bits per heavy atom. The zero-order valence-electron chi connectivity index (χ0n) is 10.6. The molecule has 2 aromatic rings. The van der Waals surface area contributed by atoms with E-state index < -0.39 is 35.8 Å². The summed E-state index contributed by atoms with van der Waals surface area (Å²) in [6, 6.07) is 4.00. The first kappa shape index (κ1) is 15.5. The Bertz CT molecular complexity index is 933. The SMILES string of the molecule is CNc1ccc(S(=O)(=O)O)c2cc(S(=O)(=O)O)cc(O)c12. The molecular weight excluding hydrogens is 322 g/mol. The quantitative estimate of drug-likeness (QED) is 0.611. The summed E-state index contributed by atoms with van der Waals surface area (Å²) in [6.45, 7) is 0. The number of fused-ring (bicyclic) bond motifs is 1. The van der Waals surface area contributed by atoms with Crippen molar-refractivity contribution in [3.63, 3.8) is 0 Å². The van der Waals surface area contributed by atoms with Crippen molar-refractivity contribution in [3.8, 4) is 5.75 Å². The minimum absolute atomic E-state index is 0.0000231. The van der Waals surface area contributed by atoms with Gasteiger partial charge in [-0.15, -0.1) is 0 Å². The molecule has 0 aliphatic carbocycles. The molecule has 0 spiro atoms. The molecule has 0 aliphatic heterocycles. The third kappa shape index (κ3) is 2.78. The summed E-state index contributed by atoms with van der Waals surface area (Å²) in [5.74, 6) is -0.560. The predicted octanol–water partition coefficient (Wildman–Crippen LogP) is 1.08. The van der Waals surface area contributed by atoms with E-state index in [1.165, 1.54) is 13.1 Å². The summed E-state index contributed by atoms with van der Waals surface area (Å²) in [6.07, 6.45) is 0. The lowest BCUT2D eigenvalue weighted by molar-refractivity contribution is 0.470. The van der Waals surface area contributed by atoms with Gasteiger partial charge in [0.25, 0.3) is 20.2 Å². The molecule has 2 aromatic carbocycles. The van der Waals surface area contributed by atoms with Crippen LogP contribution in [-0.2, 0) is 20.2 Å². The Kier molecular flexibility index (Phi) is 3.58. The zero-order chi connectivity index (χ0) is 16.0. The van der Waals surface area contributed by atoms with Crippen molar-refractivity contribution in [1.82, 2.24) is 0 Å². The molecule has 0 radical (unpaired) electrons. The largest absolute Gasteiger partial charge is 0.507 e. The first-order chi connectivity index (χ1) is 9.55. The van der Waals surface area contributed by atoms with Crippen LogP contribution in [0.1, 0.15) is 0 Å². The maximum atomic E-state index is 11.4. The summed E-state index contributed by atoms with van der Waals surface area (Å²) in [5.41, 5.74) is 0.316. The average Bonchev–Trinajstić information content (AvgIpc) is 2.34. The Hall–Kier alpha value is -1.88. The van der Waals surface area contributed by atoms with Crippen LogP contribution in [0.2, 0.25) is 0 Å². The van der Waals surface area contributed by atoms with Crippen LogP contribution in [-0.4, -0.2) is 38.1 Å².